The molecule has 64 heavy (non-hydrogen) atoms. The van der Waals surface area contributed by atoms with Crippen LogP contribution >= 0.6 is 11.3 Å². The molecule has 2 nitrogen and oxygen atoms in total. The average molecular weight is 812 g/mol. The molecule has 0 aliphatic carbocycles. The molecule has 280 valence electrons. The fourth-order valence-electron chi connectivity index (χ4n) is 9.91. The molecule has 0 atom stereocenters. The maximum Gasteiger partial charge on any atom is 0.115 e. The first-order valence-electron chi connectivity index (χ1n) is 21.0. The zero-order chi connectivity index (χ0) is 43.5. The average Bonchev–Trinajstić information content (AvgIpc) is 4.01. The number of hydrogen-bond acceptors (Lipinski definition) is 1. The number of nitrogens with zero attached hydrogens (tertiary/aromatic N) is 2. The molecule has 12 aromatic rings. The zero-order valence-corrected chi connectivity index (χ0v) is 35.2. The van der Waals surface area contributed by atoms with Crippen LogP contribution in [-0.4, -0.2) is 64.1 Å². The largest absolute Gasteiger partial charge is 0.311 e. The molecule has 10 heteroatoms. The van der Waals surface area contributed by atoms with Crippen molar-refractivity contribution in [3.8, 4) is 44.8 Å². The van der Waals surface area contributed by atoms with Crippen molar-refractivity contribution in [3.63, 3.8) is 0 Å². The predicted octanol–water partition coefficient (Wildman–Crippen LogP) is 6.81. The van der Waals surface area contributed by atoms with Crippen molar-refractivity contribution in [1.82, 2.24) is 9.13 Å². The highest BCUT2D eigenvalue weighted by Crippen LogP contribution is 2.42. The molecular formula is C54H27B7N2S. The van der Waals surface area contributed by atoms with Gasteiger partial charge in [-0.25, -0.2) is 0 Å². The van der Waals surface area contributed by atoms with Gasteiger partial charge in [0.15, 0.2) is 0 Å². The summed E-state index contributed by atoms with van der Waals surface area (Å²) in [5.41, 5.74) is 12.7. The highest BCUT2D eigenvalue weighted by molar-refractivity contribution is 7.25. The minimum atomic E-state index is 0.177. The van der Waals surface area contributed by atoms with Gasteiger partial charge in [0, 0.05) is 58.7 Å². The molecule has 14 radical (unpaired) electrons. The molecule has 0 unspecified atom stereocenters. The second-order valence-corrected chi connectivity index (χ2v) is 17.5. The molecular weight excluding hydrogens is 784 g/mol. The van der Waals surface area contributed by atoms with E-state index < -0.39 is 0 Å². The first-order chi connectivity index (χ1) is 31.2. The molecule has 3 heterocycles. The van der Waals surface area contributed by atoms with E-state index in [1.54, 1.807) is 0 Å². The van der Waals surface area contributed by atoms with E-state index in [-0.39, 0.29) is 21.9 Å². The summed E-state index contributed by atoms with van der Waals surface area (Å²) >= 11 is 1.81. The Morgan fingerprint density at radius 2 is 0.922 bits per heavy atom. The van der Waals surface area contributed by atoms with Gasteiger partial charge < -0.3 is 9.13 Å². The fraction of sp³-hybridized carbons (Fsp3) is 0. The van der Waals surface area contributed by atoms with Crippen LogP contribution < -0.4 is 38.2 Å². The van der Waals surface area contributed by atoms with Crippen LogP contribution in [0.3, 0.4) is 0 Å². The number of thiophene rings is 1. The van der Waals surface area contributed by atoms with Crippen molar-refractivity contribution in [2.45, 2.75) is 0 Å². The van der Waals surface area contributed by atoms with E-state index in [0.29, 0.717) is 43.8 Å². The molecule has 0 amide bonds. The van der Waals surface area contributed by atoms with Crippen LogP contribution in [0, 0.1) is 0 Å². The molecule has 9 aromatic carbocycles. The van der Waals surface area contributed by atoms with Crippen LogP contribution in [0.4, 0.5) is 0 Å². The Balaban J connectivity index is 1.14. The van der Waals surface area contributed by atoms with Crippen LogP contribution in [0.5, 0.6) is 0 Å². The molecule has 0 aliphatic rings. The Morgan fingerprint density at radius 3 is 1.67 bits per heavy atom. The maximum atomic E-state index is 7.43. The lowest BCUT2D eigenvalue weighted by atomic mass is 9.64. The minimum Gasteiger partial charge on any atom is -0.311 e. The Morgan fingerprint density at radius 1 is 0.328 bits per heavy atom. The predicted molar refractivity (Wildman–Crippen MR) is 282 cm³/mol. The third kappa shape index (κ3) is 5.61. The standard InChI is InChI=1S/C54H27B7N2S/c55-46-42(47(56)51(60)53-44(46)45-48(57)49(58)50(59)52(61)54(45)63(53)32-21-18-29(19-22-32)28-10-3-1-4-11-28)31-20-24-38-37(26-31)43-34(30-12-5-2-6-13-30)15-9-16-39(43)62(38)33-23-25-41-36(27-33)35-14-7-8-17-40(35)64-41/h1-27H. The van der Waals surface area contributed by atoms with Crippen molar-refractivity contribution in [1.29, 1.82) is 0 Å². The first-order valence-corrected chi connectivity index (χ1v) is 21.8. The van der Waals surface area contributed by atoms with E-state index >= 15 is 0 Å². The summed E-state index contributed by atoms with van der Waals surface area (Å²) in [7, 11) is 48.8. The molecule has 0 N–H and O–H groups in total. The van der Waals surface area contributed by atoms with Crippen molar-refractivity contribution in [2.24, 2.45) is 0 Å². The topological polar surface area (TPSA) is 9.86 Å². The van der Waals surface area contributed by atoms with E-state index in [1.807, 2.05) is 52.3 Å². The van der Waals surface area contributed by atoms with E-state index in [9.17, 15) is 0 Å². The highest BCUT2D eigenvalue weighted by atomic mass is 32.1. The summed E-state index contributed by atoms with van der Waals surface area (Å²) in [5.74, 6) is 0. The molecule has 0 fully saturated rings. The lowest BCUT2D eigenvalue weighted by Crippen LogP contribution is -2.48. The second-order valence-electron chi connectivity index (χ2n) is 16.4. The summed E-state index contributed by atoms with van der Waals surface area (Å²) in [6.45, 7) is 0. The number of fused-ring (bicyclic) bond motifs is 9. The van der Waals surface area contributed by atoms with Crippen molar-refractivity contribution < 1.29 is 0 Å². The second kappa shape index (κ2) is 14.7. The SMILES string of the molecule is [B]c1c([B])c([B])c2c(c1[B])c1c([B])c(-c3ccc4c(c3)c3c(-c5ccccc5)cccc3n4-c3ccc4sc5ccccc5c4c3)c([B])c([B])c1n2-c1ccc(-c2ccccc2)cc1. The monoisotopic (exact) mass is 812 g/mol. The molecule has 0 saturated carbocycles. The third-order valence-electron chi connectivity index (χ3n) is 12.9. The van der Waals surface area contributed by atoms with Crippen molar-refractivity contribution in [3.05, 3.63) is 164 Å². The van der Waals surface area contributed by atoms with Gasteiger partial charge >= 0.3 is 0 Å². The smallest absolute Gasteiger partial charge is 0.115 e. The molecule has 0 aliphatic heterocycles. The van der Waals surface area contributed by atoms with E-state index in [0.717, 1.165) is 61.0 Å². The summed E-state index contributed by atoms with van der Waals surface area (Å²) in [6, 6.07) is 57.0. The van der Waals surface area contributed by atoms with E-state index in [2.05, 4.69) is 132 Å². The van der Waals surface area contributed by atoms with Crippen LogP contribution in [0.1, 0.15) is 0 Å². The van der Waals surface area contributed by atoms with Gasteiger partial charge in [0.1, 0.15) is 54.9 Å². The van der Waals surface area contributed by atoms with E-state index in [1.165, 1.54) is 20.2 Å². The lowest BCUT2D eigenvalue weighted by Gasteiger charge is -2.19. The van der Waals surface area contributed by atoms with Gasteiger partial charge in [-0.3, -0.25) is 0 Å². The van der Waals surface area contributed by atoms with Crippen LogP contribution in [0.2, 0.25) is 0 Å². The van der Waals surface area contributed by atoms with Gasteiger partial charge in [-0.1, -0.05) is 137 Å². The van der Waals surface area contributed by atoms with Crippen LogP contribution in [0.15, 0.2) is 164 Å². The Labute approximate surface area is 383 Å². The van der Waals surface area contributed by atoms with Crippen molar-refractivity contribution >= 4 is 168 Å². The van der Waals surface area contributed by atoms with Gasteiger partial charge in [-0.2, -0.15) is 0 Å². The molecule has 3 aromatic heterocycles. The van der Waals surface area contributed by atoms with Gasteiger partial charge in [0.05, 0.1) is 11.0 Å². The minimum absolute atomic E-state index is 0.177. The third-order valence-corrected chi connectivity index (χ3v) is 14.1. The Bertz CT molecular complexity index is 3910. The number of rotatable bonds is 5. The maximum absolute atomic E-state index is 7.43. The number of hydrogen-bond donors (Lipinski definition) is 0. The summed E-state index contributed by atoms with van der Waals surface area (Å²) in [4.78, 5) is 0. The van der Waals surface area contributed by atoms with Crippen LogP contribution in [0.25, 0.3) is 109 Å². The van der Waals surface area contributed by atoms with Gasteiger partial charge in [0.25, 0.3) is 0 Å². The summed E-state index contributed by atoms with van der Waals surface area (Å²) in [5, 5.41) is 5.74. The zero-order valence-electron chi connectivity index (χ0n) is 34.4. The molecule has 12 rings (SSSR count). The first kappa shape index (κ1) is 38.9. The van der Waals surface area contributed by atoms with Crippen molar-refractivity contribution in [2.75, 3.05) is 0 Å². The van der Waals surface area contributed by atoms with Gasteiger partial charge in [-0.15, -0.1) is 22.3 Å². The number of aromatic nitrogens is 2. The van der Waals surface area contributed by atoms with Crippen LogP contribution in [-0.2, 0) is 0 Å². The van der Waals surface area contributed by atoms with Gasteiger partial charge in [0.2, 0.25) is 0 Å². The quantitative estimate of drug-likeness (QED) is 0.169. The highest BCUT2D eigenvalue weighted by Gasteiger charge is 2.25. The molecule has 0 spiro atoms. The van der Waals surface area contributed by atoms with E-state index in [4.69, 9.17) is 54.9 Å². The van der Waals surface area contributed by atoms with Gasteiger partial charge in [-0.05, 0) is 93.4 Å². The summed E-state index contributed by atoms with van der Waals surface area (Å²) < 4.78 is 6.81. The lowest BCUT2D eigenvalue weighted by molar-refractivity contribution is 1.19. The summed E-state index contributed by atoms with van der Waals surface area (Å²) in [6.07, 6.45) is 0. The fourth-order valence-corrected chi connectivity index (χ4v) is 11.0. The Kier molecular flexibility index (Phi) is 8.91. The molecule has 0 bridgehead atoms. The number of benzene rings is 9. The Hall–Kier alpha value is -6.75. The normalized spacial score (nSPS) is 11.9. The molecule has 0 saturated heterocycles.